The molecule has 0 aliphatic rings. The third-order valence-electron chi connectivity index (χ3n) is 2.39. The molecule has 0 spiro atoms. The van der Waals surface area contributed by atoms with Gasteiger partial charge in [0.05, 0.1) is 5.75 Å². The molecule has 0 amide bonds. The van der Waals surface area contributed by atoms with E-state index < -0.39 is 9.84 Å². The SMILES string of the molecule is CCS(=O)(=O)CCn1ccnc1CC(C)N. The molecule has 0 radical (unpaired) electrons. The lowest BCUT2D eigenvalue weighted by atomic mass is 10.2. The van der Waals surface area contributed by atoms with E-state index in [2.05, 4.69) is 4.98 Å². The average molecular weight is 245 g/mol. The number of rotatable bonds is 6. The second-order valence-electron chi connectivity index (χ2n) is 3.95. The summed E-state index contributed by atoms with van der Waals surface area (Å²) < 4.78 is 24.6. The minimum Gasteiger partial charge on any atom is -0.334 e. The molecule has 1 aromatic heterocycles. The maximum Gasteiger partial charge on any atom is 0.151 e. The third kappa shape index (κ3) is 3.94. The summed E-state index contributed by atoms with van der Waals surface area (Å²) in [4.78, 5) is 4.17. The molecule has 92 valence electrons. The highest BCUT2D eigenvalue weighted by Crippen LogP contribution is 2.02. The Bertz CT molecular complexity index is 423. The lowest BCUT2D eigenvalue weighted by Crippen LogP contribution is -2.22. The van der Waals surface area contributed by atoms with E-state index in [1.54, 1.807) is 19.3 Å². The number of hydrogen-bond acceptors (Lipinski definition) is 4. The fourth-order valence-electron chi connectivity index (χ4n) is 1.40. The van der Waals surface area contributed by atoms with Crippen LogP contribution in [0.25, 0.3) is 0 Å². The van der Waals surface area contributed by atoms with Crippen LogP contribution in [-0.4, -0.2) is 35.5 Å². The Morgan fingerprint density at radius 2 is 2.25 bits per heavy atom. The fourth-order valence-corrected chi connectivity index (χ4v) is 2.17. The highest BCUT2D eigenvalue weighted by atomic mass is 32.2. The van der Waals surface area contributed by atoms with Crippen LogP contribution in [0.4, 0.5) is 0 Å². The molecule has 1 unspecified atom stereocenters. The normalized spacial score (nSPS) is 13.9. The van der Waals surface area contributed by atoms with Gasteiger partial charge in [0.1, 0.15) is 5.82 Å². The predicted octanol–water partition coefficient (Wildman–Crippen LogP) is 0.208. The van der Waals surface area contributed by atoms with Gasteiger partial charge >= 0.3 is 0 Å². The molecule has 1 aromatic rings. The quantitative estimate of drug-likeness (QED) is 0.777. The van der Waals surface area contributed by atoms with Gasteiger partial charge in [-0.25, -0.2) is 13.4 Å². The second kappa shape index (κ2) is 5.45. The minimum atomic E-state index is -2.92. The van der Waals surface area contributed by atoms with E-state index in [0.29, 0.717) is 13.0 Å². The van der Waals surface area contributed by atoms with Crippen molar-refractivity contribution in [1.82, 2.24) is 9.55 Å². The molecule has 6 heteroatoms. The Morgan fingerprint density at radius 1 is 1.56 bits per heavy atom. The molecule has 1 rings (SSSR count). The lowest BCUT2D eigenvalue weighted by Gasteiger charge is -2.09. The summed E-state index contributed by atoms with van der Waals surface area (Å²) in [5, 5.41) is 0. The van der Waals surface area contributed by atoms with E-state index in [1.807, 2.05) is 11.5 Å². The first-order chi connectivity index (χ1) is 7.44. The van der Waals surface area contributed by atoms with Crippen LogP contribution in [0.15, 0.2) is 12.4 Å². The van der Waals surface area contributed by atoms with E-state index in [4.69, 9.17) is 5.73 Å². The van der Waals surface area contributed by atoms with Gasteiger partial charge in [-0.2, -0.15) is 0 Å². The van der Waals surface area contributed by atoms with Crippen molar-refractivity contribution in [2.24, 2.45) is 5.73 Å². The highest BCUT2D eigenvalue weighted by molar-refractivity contribution is 7.91. The van der Waals surface area contributed by atoms with Gasteiger partial charge in [0, 0.05) is 37.2 Å². The molecule has 0 saturated heterocycles. The molecule has 1 atom stereocenters. The smallest absolute Gasteiger partial charge is 0.151 e. The summed E-state index contributed by atoms with van der Waals surface area (Å²) >= 11 is 0. The van der Waals surface area contributed by atoms with Crippen molar-refractivity contribution in [3.8, 4) is 0 Å². The predicted molar refractivity (Wildman–Crippen MR) is 63.9 cm³/mol. The summed E-state index contributed by atoms with van der Waals surface area (Å²) in [6, 6.07) is 0.0314. The van der Waals surface area contributed by atoms with E-state index in [9.17, 15) is 8.42 Å². The molecule has 2 N–H and O–H groups in total. The molecular formula is C10H19N3O2S. The molecule has 0 aliphatic heterocycles. The van der Waals surface area contributed by atoms with Crippen LogP contribution in [0.3, 0.4) is 0 Å². The van der Waals surface area contributed by atoms with Gasteiger partial charge in [-0.3, -0.25) is 0 Å². The van der Waals surface area contributed by atoms with E-state index >= 15 is 0 Å². The van der Waals surface area contributed by atoms with Crippen LogP contribution in [0.2, 0.25) is 0 Å². The summed E-state index contributed by atoms with van der Waals surface area (Å²) in [5.74, 6) is 1.19. The van der Waals surface area contributed by atoms with Gasteiger partial charge in [0.2, 0.25) is 0 Å². The van der Waals surface area contributed by atoms with Crippen molar-refractivity contribution in [1.29, 1.82) is 0 Å². The van der Waals surface area contributed by atoms with Crippen LogP contribution < -0.4 is 5.73 Å². The minimum absolute atomic E-state index is 0.0314. The molecule has 0 aromatic carbocycles. The molecule has 0 bridgehead atoms. The number of nitrogens with zero attached hydrogens (tertiary/aromatic N) is 2. The van der Waals surface area contributed by atoms with Gasteiger partial charge < -0.3 is 10.3 Å². The van der Waals surface area contributed by atoms with Crippen molar-refractivity contribution >= 4 is 9.84 Å². The first kappa shape index (κ1) is 13.2. The summed E-state index contributed by atoms with van der Waals surface area (Å²) in [5.41, 5.74) is 5.69. The van der Waals surface area contributed by atoms with Crippen molar-refractivity contribution < 1.29 is 8.42 Å². The fraction of sp³-hybridized carbons (Fsp3) is 0.700. The number of nitrogens with two attached hydrogens (primary N) is 1. The molecule has 0 aliphatic carbocycles. The maximum atomic E-state index is 11.4. The monoisotopic (exact) mass is 245 g/mol. The standard InChI is InChI=1S/C10H19N3O2S/c1-3-16(14,15)7-6-13-5-4-12-10(13)8-9(2)11/h4-5,9H,3,6-8,11H2,1-2H3. The Balaban J connectivity index is 2.64. The summed E-state index contributed by atoms with van der Waals surface area (Å²) in [6.07, 6.45) is 4.14. The number of hydrogen-bond donors (Lipinski definition) is 1. The van der Waals surface area contributed by atoms with Crippen molar-refractivity contribution in [3.05, 3.63) is 18.2 Å². The topological polar surface area (TPSA) is 78.0 Å². The van der Waals surface area contributed by atoms with Gasteiger partial charge in [0.25, 0.3) is 0 Å². The Morgan fingerprint density at radius 3 is 2.81 bits per heavy atom. The Kier molecular flexibility index (Phi) is 4.49. The van der Waals surface area contributed by atoms with Crippen LogP contribution in [0, 0.1) is 0 Å². The van der Waals surface area contributed by atoms with Crippen LogP contribution >= 0.6 is 0 Å². The third-order valence-corrected chi connectivity index (χ3v) is 4.07. The molecule has 16 heavy (non-hydrogen) atoms. The maximum absolute atomic E-state index is 11.4. The molecule has 5 nitrogen and oxygen atoms in total. The summed E-state index contributed by atoms with van der Waals surface area (Å²) in [6.45, 7) is 4.02. The van der Waals surface area contributed by atoms with E-state index in [1.165, 1.54) is 0 Å². The van der Waals surface area contributed by atoms with Crippen LogP contribution in [0.1, 0.15) is 19.7 Å². The van der Waals surface area contributed by atoms with E-state index in [0.717, 1.165) is 5.82 Å². The Hall–Kier alpha value is -0.880. The number of sulfone groups is 1. The number of imidazole rings is 1. The van der Waals surface area contributed by atoms with Crippen LogP contribution in [-0.2, 0) is 22.8 Å². The second-order valence-corrected chi connectivity index (χ2v) is 6.43. The molecule has 0 fully saturated rings. The van der Waals surface area contributed by atoms with E-state index in [-0.39, 0.29) is 17.5 Å². The van der Waals surface area contributed by atoms with Crippen LogP contribution in [0.5, 0.6) is 0 Å². The van der Waals surface area contributed by atoms with Gasteiger partial charge in [-0.15, -0.1) is 0 Å². The summed E-state index contributed by atoms with van der Waals surface area (Å²) in [7, 11) is -2.92. The largest absolute Gasteiger partial charge is 0.334 e. The van der Waals surface area contributed by atoms with Gasteiger partial charge in [-0.1, -0.05) is 6.92 Å². The number of aromatic nitrogens is 2. The van der Waals surface area contributed by atoms with Crippen molar-refractivity contribution in [3.63, 3.8) is 0 Å². The van der Waals surface area contributed by atoms with Crippen molar-refractivity contribution in [2.75, 3.05) is 11.5 Å². The van der Waals surface area contributed by atoms with Gasteiger partial charge in [-0.05, 0) is 6.92 Å². The lowest BCUT2D eigenvalue weighted by molar-refractivity contribution is 0.584. The van der Waals surface area contributed by atoms with Gasteiger partial charge in [0.15, 0.2) is 9.84 Å². The molecule has 1 heterocycles. The van der Waals surface area contributed by atoms with Crippen molar-refractivity contribution in [2.45, 2.75) is 32.9 Å². The first-order valence-electron chi connectivity index (χ1n) is 5.40. The Labute approximate surface area is 96.6 Å². The molecule has 0 saturated carbocycles. The number of aryl methyl sites for hydroxylation is 1. The average Bonchev–Trinajstić information content (AvgIpc) is 2.62. The zero-order chi connectivity index (χ0) is 12.2. The molecular weight excluding hydrogens is 226 g/mol. The first-order valence-corrected chi connectivity index (χ1v) is 7.22. The zero-order valence-corrected chi connectivity index (χ0v) is 10.6. The zero-order valence-electron chi connectivity index (χ0n) is 9.76. The highest BCUT2D eigenvalue weighted by Gasteiger charge is 2.10.